The molecule has 0 bridgehead atoms. The molecule has 0 spiro atoms. The van der Waals surface area contributed by atoms with Crippen molar-refractivity contribution in [3.8, 4) is 0 Å². The van der Waals surface area contributed by atoms with E-state index in [0.29, 0.717) is 26.2 Å². The molecule has 0 aliphatic carbocycles. The Morgan fingerprint density at radius 2 is 1.64 bits per heavy atom. The predicted molar refractivity (Wildman–Crippen MR) is 101 cm³/mol. The maximum absolute atomic E-state index is 12.3. The molecule has 25 heavy (non-hydrogen) atoms. The Labute approximate surface area is 148 Å². The van der Waals surface area contributed by atoms with Gasteiger partial charge in [-0.25, -0.2) is 0 Å². The minimum atomic E-state index is 0.0368. The molecular weight excluding hydrogens is 310 g/mol. The summed E-state index contributed by atoms with van der Waals surface area (Å²) in [5.41, 5.74) is 3.29. The van der Waals surface area contributed by atoms with Crippen LogP contribution in [-0.2, 0) is 29.1 Å². The van der Waals surface area contributed by atoms with Crippen molar-refractivity contribution >= 4 is 16.7 Å². The Bertz CT molecular complexity index is 835. The van der Waals surface area contributed by atoms with Crippen LogP contribution >= 0.6 is 0 Å². The SMILES string of the molecule is CCOCc1ccc(CNC(=O)Cc2cccc3ccccc23)cc1. The highest BCUT2D eigenvalue weighted by molar-refractivity contribution is 5.90. The summed E-state index contributed by atoms with van der Waals surface area (Å²) in [4.78, 5) is 12.3. The molecule has 3 aromatic carbocycles. The third kappa shape index (κ3) is 4.68. The van der Waals surface area contributed by atoms with Gasteiger partial charge in [-0.3, -0.25) is 4.79 Å². The maximum Gasteiger partial charge on any atom is 0.224 e. The van der Waals surface area contributed by atoms with Crippen molar-refractivity contribution < 1.29 is 9.53 Å². The number of hydrogen-bond acceptors (Lipinski definition) is 2. The van der Waals surface area contributed by atoms with E-state index in [1.807, 2.05) is 55.5 Å². The molecule has 128 valence electrons. The summed E-state index contributed by atoms with van der Waals surface area (Å²) in [6.45, 7) is 3.87. The lowest BCUT2D eigenvalue weighted by atomic mass is 10.0. The second-order valence-electron chi connectivity index (χ2n) is 6.05. The molecule has 0 aliphatic heterocycles. The van der Waals surface area contributed by atoms with Gasteiger partial charge in [0.25, 0.3) is 0 Å². The average molecular weight is 333 g/mol. The summed E-state index contributed by atoms with van der Waals surface area (Å²) < 4.78 is 5.39. The third-order valence-electron chi connectivity index (χ3n) is 4.22. The molecule has 0 heterocycles. The Balaban J connectivity index is 1.57. The van der Waals surface area contributed by atoms with E-state index in [1.54, 1.807) is 0 Å². The largest absolute Gasteiger partial charge is 0.377 e. The van der Waals surface area contributed by atoms with Crippen molar-refractivity contribution in [2.45, 2.75) is 26.5 Å². The molecule has 0 saturated carbocycles. The third-order valence-corrected chi connectivity index (χ3v) is 4.22. The molecule has 3 aromatic rings. The van der Waals surface area contributed by atoms with Gasteiger partial charge < -0.3 is 10.1 Å². The van der Waals surface area contributed by atoms with E-state index in [0.717, 1.165) is 27.5 Å². The summed E-state index contributed by atoms with van der Waals surface area (Å²) in [6, 6.07) is 22.4. The van der Waals surface area contributed by atoms with Crippen molar-refractivity contribution in [2.75, 3.05) is 6.61 Å². The first-order valence-corrected chi connectivity index (χ1v) is 8.65. The Kier molecular flexibility index (Phi) is 5.81. The molecule has 3 rings (SSSR count). The minimum Gasteiger partial charge on any atom is -0.377 e. The lowest BCUT2D eigenvalue weighted by Crippen LogP contribution is -2.24. The monoisotopic (exact) mass is 333 g/mol. The van der Waals surface area contributed by atoms with Gasteiger partial charge in [-0.05, 0) is 34.4 Å². The maximum atomic E-state index is 12.3. The van der Waals surface area contributed by atoms with Crippen molar-refractivity contribution in [2.24, 2.45) is 0 Å². The van der Waals surface area contributed by atoms with E-state index in [4.69, 9.17) is 4.74 Å². The zero-order valence-electron chi connectivity index (χ0n) is 14.5. The van der Waals surface area contributed by atoms with Crippen molar-refractivity contribution in [3.05, 3.63) is 83.4 Å². The van der Waals surface area contributed by atoms with Crippen molar-refractivity contribution in [3.63, 3.8) is 0 Å². The molecule has 0 fully saturated rings. The number of carbonyl (C=O) groups is 1. The van der Waals surface area contributed by atoms with Crippen LogP contribution in [0.4, 0.5) is 0 Å². The van der Waals surface area contributed by atoms with Crippen LogP contribution in [0.3, 0.4) is 0 Å². The molecule has 0 atom stereocenters. The summed E-state index contributed by atoms with van der Waals surface area (Å²) in [5.74, 6) is 0.0368. The molecule has 0 unspecified atom stereocenters. The van der Waals surface area contributed by atoms with Gasteiger partial charge >= 0.3 is 0 Å². The highest BCUT2D eigenvalue weighted by atomic mass is 16.5. The number of benzene rings is 3. The summed E-state index contributed by atoms with van der Waals surface area (Å²) in [6.07, 6.45) is 0.393. The van der Waals surface area contributed by atoms with Gasteiger partial charge in [0.2, 0.25) is 5.91 Å². The number of hydrogen-bond donors (Lipinski definition) is 1. The standard InChI is InChI=1S/C22H23NO2/c1-2-25-16-18-12-10-17(11-13-18)15-23-22(24)14-20-8-5-7-19-6-3-4-9-21(19)20/h3-13H,2,14-16H2,1H3,(H,23,24). The van der Waals surface area contributed by atoms with Gasteiger partial charge in [-0.2, -0.15) is 0 Å². The first-order valence-electron chi connectivity index (χ1n) is 8.65. The van der Waals surface area contributed by atoms with E-state index in [1.165, 1.54) is 0 Å². The fraction of sp³-hybridized carbons (Fsp3) is 0.227. The smallest absolute Gasteiger partial charge is 0.224 e. The fourth-order valence-electron chi connectivity index (χ4n) is 2.86. The molecule has 3 heteroatoms. The Morgan fingerprint density at radius 3 is 2.44 bits per heavy atom. The molecule has 1 N–H and O–H groups in total. The average Bonchev–Trinajstić information content (AvgIpc) is 2.66. The normalized spacial score (nSPS) is 10.8. The minimum absolute atomic E-state index is 0.0368. The Hall–Kier alpha value is -2.65. The summed E-state index contributed by atoms with van der Waals surface area (Å²) >= 11 is 0. The van der Waals surface area contributed by atoms with E-state index in [9.17, 15) is 4.79 Å². The van der Waals surface area contributed by atoms with Crippen molar-refractivity contribution in [1.29, 1.82) is 0 Å². The van der Waals surface area contributed by atoms with Gasteiger partial charge in [0.1, 0.15) is 0 Å². The van der Waals surface area contributed by atoms with Gasteiger partial charge in [0.15, 0.2) is 0 Å². The van der Waals surface area contributed by atoms with Crippen LogP contribution in [0.25, 0.3) is 10.8 Å². The molecule has 1 amide bonds. The molecular formula is C22H23NO2. The van der Waals surface area contributed by atoms with Crippen LogP contribution in [0.5, 0.6) is 0 Å². The van der Waals surface area contributed by atoms with Gasteiger partial charge in [0.05, 0.1) is 13.0 Å². The lowest BCUT2D eigenvalue weighted by molar-refractivity contribution is -0.120. The summed E-state index contributed by atoms with van der Waals surface area (Å²) in [5, 5.41) is 5.31. The molecule has 0 aliphatic rings. The van der Waals surface area contributed by atoms with Gasteiger partial charge in [0, 0.05) is 13.2 Å². The van der Waals surface area contributed by atoms with E-state index in [-0.39, 0.29) is 5.91 Å². The Morgan fingerprint density at radius 1 is 0.920 bits per heavy atom. The highest BCUT2D eigenvalue weighted by Crippen LogP contribution is 2.18. The van der Waals surface area contributed by atoms with Crippen LogP contribution in [0.15, 0.2) is 66.7 Å². The number of nitrogens with one attached hydrogen (secondary N) is 1. The van der Waals surface area contributed by atoms with E-state index >= 15 is 0 Å². The zero-order valence-corrected chi connectivity index (χ0v) is 14.5. The predicted octanol–water partition coefficient (Wildman–Crippen LogP) is 4.24. The van der Waals surface area contributed by atoms with Crippen LogP contribution in [0.1, 0.15) is 23.6 Å². The van der Waals surface area contributed by atoms with Crippen LogP contribution in [-0.4, -0.2) is 12.5 Å². The second kappa shape index (κ2) is 8.45. The number of amides is 1. The van der Waals surface area contributed by atoms with Gasteiger partial charge in [-0.1, -0.05) is 66.7 Å². The first kappa shape index (κ1) is 17.2. The number of rotatable bonds is 7. The van der Waals surface area contributed by atoms with E-state index in [2.05, 4.69) is 23.5 Å². The van der Waals surface area contributed by atoms with Gasteiger partial charge in [-0.15, -0.1) is 0 Å². The van der Waals surface area contributed by atoms with Crippen LogP contribution < -0.4 is 5.32 Å². The van der Waals surface area contributed by atoms with Crippen molar-refractivity contribution in [1.82, 2.24) is 5.32 Å². The molecule has 0 aromatic heterocycles. The van der Waals surface area contributed by atoms with Crippen LogP contribution in [0.2, 0.25) is 0 Å². The fourth-order valence-corrected chi connectivity index (χ4v) is 2.86. The molecule has 0 radical (unpaired) electrons. The van der Waals surface area contributed by atoms with E-state index < -0.39 is 0 Å². The summed E-state index contributed by atoms with van der Waals surface area (Å²) in [7, 11) is 0. The quantitative estimate of drug-likeness (QED) is 0.702. The number of fused-ring (bicyclic) bond motifs is 1. The highest BCUT2D eigenvalue weighted by Gasteiger charge is 2.06. The second-order valence-corrected chi connectivity index (χ2v) is 6.05. The zero-order chi connectivity index (χ0) is 17.5. The number of ether oxygens (including phenoxy) is 1. The molecule has 3 nitrogen and oxygen atoms in total. The topological polar surface area (TPSA) is 38.3 Å². The molecule has 0 saturated heterocycles. The number of carbonyl (C=O) groups excluding carboxylic acids is 1. The first-order chi connectivity index (χ1) is 12.3. The lowest BCUT2D eigenvalue weighted by Gasteiger charge is -2.09. The van der Waals surface area contributed by atoms with Crippen LogP contribution in [0, 0.1) is 0 Å².